The standard InChI is InChI=1S/C5H15NOSi/c1-5(2,7-8)6(3)4/h1-4,8H3. The van der Waals surface area contributed by atoms with Crippen molar-refractivity contribution in [3.63, 3.8) is 0 Å². The maximum absolute atomic E-state index is 5.26. The van der Waals surface area contributed by atoms with Gasteiger partial charge in [-0.25, -0.2) is 0 Å². The van der Waals surface area contributed by atoms with Crippen LogP contribution in [0.4, 0.5) is 0 Å². The second-order valence-electron chi connectivity index (χ2n) is 2.55. The zero-order chi connectivity index (χ0) is 6.78. The van der Waals surface area contributed by atoms with E-state index in [1.165, 1.54) is 0 Å². The topological polar surface area (TPSA) is 12.5 Å². The van der Waals surface area contributed by atoms with Crippen molar-refractivity contribution in [3.8, 4) is 0 Å². The summed E-state index contributed by atoms with van der Waals surface area (Å²) in [6.45, 7) is 4.11. The summed E-state index contributed by atoms with van der Waals surface area (Å²) in [5, 5.41) is 0. The van der Waals surface area contributed by atoms with Crippen LogP contribution in [0.25, 0.3) is 0 Å². The minimum Gasteiger partial charge on any atom is -0.411 e. The Morgan fingerprint density at radius 2 is 1.75 bits per heavy atom. The molecule has 0 aliphatic heterocycles. The zero-order valence-electron chi connectivity index (χ0n) is 6.36. The molecule has 0 radical (unpaired) electrons. The third-order valence-electron chi connectivity index (χ3n) is 1.58. The predicted octanol–water partition coefficient (Wildman–Crippen LogP) is -0.419. The Hall–Kier alpha value is 0.137. The Kier molecular flexibility index (Phi) is 2.66. The van der Waals surface area contributed by atoms with Gasteiger partial charge < -0.3 is 4.43 Å². The first kappa shape index (κ1) is 8.14. The Labute approximate surface area is 54.4 Å². The Morgan fingerprint density at radius 1 is 1.38 bits per heavy atom. The summed E-state index contributed by atoms with van der Waals surface area (Å²) in [6, 6.07) is 0. The molecule has 0 N–H and O–H groups in total. The summed E-state index contributed by atoms with van der Waals surface area (Å²) >= 11 is 0. The van der Waals surface area contributed by atoms with Crippen molar-refractivity contribution in [1.82, 2.24) is 4.90 Å². The molecule has 0 bridgehead atoms. The molecule has 0 unspecified atom stereocenters. The number of hydrogen-bond acceptors (Lipinski definition) is 2. The fraction of sp³-hybridized carbons (Fsp3) is 1.00. The Balaban J connectivity index is 3.71. The first-order chi connectivity index (χ1) is 3.50. The van der Waals surface area contributed by atoms with E-state index in [9.17, 15) is 0 Å². The highest BCUT2D eigenvalue weighted by Crippen LogP contribution is 2.07. The van der Waals surface area contributed by atoms with Gasteiger partial charge in [-0.05, 0) is 27.9 Å². The van der Waals surface area contributed by atoms with Gasteiger partial charge in [-0.1, -0.05) is 0 Å². The highest BCUT2D eigenvalue weighted by Gasteiger charge is 2.16. The summed E-state index contributed by atoms with van der Waals surface area (Å²) < 4.78 is 5.26. The molecule has 0 heterocycles. The van der Waals surface area contributed by atoms with E-state index in [0.717, 1.165) is 10.5 Å². The van der Waals surface area contributed by atoms with Crippen LogP contribution in [0.3, 0.4) is 0 Å². The third kappa shape index (κ3) is 1.94. The lowest BCUT2D eigenvalue weighted by molar-refractivity contribution is -0.0170. The van der Waals surface area contributed by atoms with Crippen LogP contribution in [0.15, 0.2) is 0 Å². The lowest BCUT2D eigenvalue weighted by Crippen LogP contribution is -2.40. The first-order valence-electron chi connectivity index (χ1n) is 2.73. The van der Waals surface area contributed by atoms with E-state index < -0.39 is 0 Å². The molecule has 8 heavy (non-hydrogen) atoms. The summed E-state index contributed by atoms with van der Waals surface area (Å²) in [5.41, 5.74) is -0.0633. The zero-order valence-corrected chi connectivity index (χ0v) is 8.36. The van der Waals surface area contributed by atoms with E-state index in [1.807, 2.05) is 14.1 Å². The molecule has 0 aliphatic rings. The van der Waals surface area contributed by atoms with E-state index >= 15 is 0 Å². The van der Waals surface area contributed by atoms with Crippen LogP contribution in [0.2, 0.25) is 0 Å². The van der Waals surface area contributed by atoms with Crippen molar-refractivity contribution in [3.05, 3.63) is 0 Å². The van der Waals surface area contributed by atoms with Crippen molar-refractivity contribution < 1.29 is 4.43 Å². The van der Waals surface area contributed by atoms with Crippen molar-refractivity contribution in [2.24, 2.45) is 0 Å². The number of hydrogen-bond donors (Lipinski definition) is 0. The van der Waals surface area contributed by atoms with Crippen LogP contribution < -0.4 is 0 Å². The maximum Gasteiger partial charge on any atom is 0.148 e. The minimum atomic E-state index is -0.0633. The minimum absolute atomic E-state index is 0.0633. The summed E-state index contributed by atoms with van der Waals surface area (Å²) in [4.78, 5) is 2.06. The summed E-state index contributed by atoms with van der Waals surface area (Å²) in [5.74, 6) is 0. The van der Waals surface area contributed by atoms with E-state index in [1.54, 1.807) is 0 Å². The molecule has 0 fully saturated rings. The van der Waals surface area contributed by atoms with Crippen LogP contribution in [-0.4, -0.2) is 35.2 Å². The molecule has 0 aromatic heterocycles. The van der Waals surface area contributed by atoms with Crippen molar-refractivity contribution in [2.75, 3.05) is 14.1 Å². The average Bonchev–Trinajstić information content (AvgIpc) is 1.67. The second-order valence-corrected chi connectivity index (χ2v) is 2.95. The average molecular weight is 133 g/mol. The molecule has 0 saturated heterocycles. The molecule has 0 aliphatic carbocycles. The van der Waals surface area contributed by atoms with Gasteiger partial charge in [0.2, 0.25) is 0 Å². The number of rotatable bonds is 2. The summed E-state index contributed by atoms with van der Waals surface area (Å²) in [6.07, 6.45) is 0. The highest BCUT2D eigenvalue weighted by atomic mass is 28.2. The van der Waals surface area contributed by atoms with Gasteiger partial charge >= 0.3 is 0 Å². The van der Waals surface area contributed by atoms with Crippen molar-refractivity contribution in [2.45, 2.75) is 19.6 Å². The molecule has 0 aromatic rings. The molecule has 3 heteroatoms. The molecular weight excluding hydrogens is 118 g/mol. The first-order valence-corrected chi connectivity index (χ1v) is 3.55. The number of nitrogens with zero attached hydrogens (tertiary/aromatic N) is 1. The second kappa shape index (κ2) is 2.62. The molecule has 0 saturated carbocycles. The van der Waals surface area contributed by atoms with Crippen LogP contribution >= 0.6 is 0 Å². The molecule has 0 aromatic carbocycles. The van der Waals surface area contributed by atoms with Gasteiger partial charge in [-0.2, -0.15) is 0 Å². The predicted molar refractivity (Wildman–Crippen MR) is 38.8 cm³/mol. The van der Waals surface area contributed by atoms with Gasteiger partial charge in [-0.15, -0.1) is 0 Å². The van der Waals surface area contributed by atoms with E-state index in [2.05, 4.69) is 18.7 Å². The normalized spacial score (nSPS) is 13.1. The molecule has 0 atom stereocenters. The Bertz CT molecular complexity index is 72.8. The lowest BCUT2D eigenvalue weighted by atomic mass is 10.3. The van der Waals surface area contributed by atoms with Crippen molar-refractivity contribution >= 4 is 10.5 Å². The molecule has 50 valence electrons. The van der Waals surface area contributed by atoms with Gasteiger partial charge in [0.1, 0.15) is 16.2 Å². The van der Waals surface area contributed by atoms with E-state index in [0.29, 0.717) is 0 Å². The van der Waals surface area contributed by atoms with Gasteiger partial charge in [0.25, 0.3) is 0 Å². The van der Waals surface area contributed by atoms with Crippen LogP contribution in [0, 0.1) is 0 Å². The highest BCUT2D eigenvalue weighted by molar-refractivity contribution is 5.98. The quantitative estimate of drug-likeness (QED) is 0.375. The SMILES string of the molecule is CN(C)C(C)(C)O[SiH3]. The molecule has 0 amide bonds. The van der Waals surface area contributed by atoms with Gasteiger partial charge in [0.15, 0.2) is 0 Å². The smallest absolute Gasteiger partial charge is 0.148 e. The van der Waals surface area contributed by atoms with Gasteiger partial charge in [0, 0.05) is 0 Å². The van der Waals surface area contributed by atoms with Gasteiger partial charge in [-0.3, -0.25) is 4.90 Å². The third-order valence-corrected chi connectivity index (χ3v) is 2.58. The molecule has 2 nitrogen and oxygen atoms in total. The monoisotopic (exact) mass is 133 g/mol. The van der Waals surface area contributed by atoms with Gasteiger partial charge in [0.05, 0.1) is 0 Å². The Morgan fingerprint density at radius 3 is 1.75 bits per heavy atom. The van der Waals surface area contributed by atoms with E-state index in [4.69, 9.17) is 4.43 Å². The van der Waals surface area contributed by atoms with Crippen LogP contribution in [-0.2, 0) is 4.43 Å². The molecular formula is C5H15NOSi. The summed E-state index contributed by atoms with van der Waals surface area (Å²) in [7, 11) is 4.83. The maximum atomic E-state index is 5.26. The van der Waals surface area contributed by atoms with E-state index in [-0.39, 0.29) is 5.72 Å². The molecule has 0 spiro atoms. The largest absolute Gasteiger partial charge is 0.411 e. The fourth-order valence-electron chi connectivity index (χ4n) is 0.183. The fourth-order valence-corrected chi connectivity index (χ4v) is 0.548. The lowest BCUT2D eigenvalue weighted by Gasteiger charge is -2.31. The molecule has 0 rings (SSSR count). The van der Waals surface area contributed by atoms with Crippen molar-refractivity contribution in [1.29, 1.82) is 0 Å². The van der Waals surface area contributed by atoms with Crippen LogP contribution in [0.5, 0.6) is 0 Å². The van der Waals surface area contributed by atoms with Crippen LogP contribution in [0.1, 0.15) is 13.8 Å².